The molecule has 6 nitrogen and oxygen atoms in total. The van der Waals surface area contributed by atoms with E-state index in [2.05, 4.69) is 4.98 Å². The van der Waals surface area contributed by atoms with E-state index in [-0.39, 0.29) is 11.8 Å². The number of hydrogen-bond donors (Lipinski definition) is 1. The van der Waals surface area contributed by atoms with Crippen molar-refractivity contribution in [2.24, 2.45) is 0 Å². The maximum atomic E-state index is 11.1. The molecule has 0 unspecified atom stereocenters. The van der Waals surface area contributed by atoms with Crippen LogP contribution in [0.3, 0.4) is 0 Å². The van der Waals surface area contributed by atoms with Crippen molar-refractivity contribution in [2.45, 2.75) is 37.9 Å². The van der Waals surface area contributed by atoms with Crippen LogP contribution in [0.25, 0.3) is 10.9 Å². The number of pyridine rings is 1. The lowest BCUT2D eigenvalue weighted by atomic mass is 9.95. The van der Waals surface area contributed by atoms with Gasteiger partial charge in [0.05, 0.1) is 11.0 Å². The fourth-order valence-electron chi connectivity index (χ4n) is 2.76. The molecule has 0 aliphatic heterocycles. The van der Waals surface area contributed by atoms with Crippen molar-refractivity contribution in [3.05, 3.63) is 40.6 Å². The zero-order valence-electron chi connectivity index (χ0n) is 11.4. The number of aliphatic hydroxyl groups excluding tert-OH is 1. The summed E-state index contributed by atoms with van der Waals surface area (Å²) in [6.45, 7) is 0. The number of nitro groups is 1. The van der Waals surface area contributed by atoms with Crippen molar-refractivity contribution in [1.82, 2.24) is 4.98 Å². The molecule has 1 aliphatic rings. The van der Waals surface area contributed by atoms with Gasteiger partial charge in [0.2, 0.25) is 0 Å². The summed E-state index contributed by atoms with van der Waals surface area (Å²) >= 11 is 0. The van der Waals surface area contributed by atoms with E-state index in [0.29, 0.717) is 16.7 Å². The molecule has 110 valence electrons. The third-order valence-corrected chi connectivity index (χ3v) is 3.85. The van der Waals surface area contributed by atoms with Crippen LogP contribution in [-0.4, -0.2) is 27.2 Å². The second-order valence-corrected chi connectivity index (χ2v) is 5.25. The third-order valence-electron chi connectivity index (χ3n) is 3.85. The molecule has 2 aromatic rings. The highest BCUT2D eigenvalue weighted by Gasteiger charge is 2.26. The normalized spacial score (nSPS) is 22.1. The Morgan fingerprint density at radius 1 is 1.29 bits per heavy atom. The summed E-state index contributed by atoms with van der Waals surface area (Å²) < 4.78 is 5.90. The Morgan fingerprint density at radius 3 is 2.86 bits per heavy atom. The highest BCUT2D eigenvalue weighted by atomic mass is 16.6. The summed E-state index contributed by atoms with van der Waals surface area (Å²) in [6, 6.07) is 6.46. The van der Waals surface area contributed by atoms with Crippen LogP contribution in [0.2, 0.25) is 0 Å². The summed E-state index contributed by atoms with van der Waals surface area (Å²) in [5.74, 6) is 0.537. The first kappa shape index (κ1) is 13.8. The molecule has 1 heterocycles. The molecule has 1 aromatic carbocycles. The van der Waals surface area contributed by atoms with Crippen molar-refractivity contribution < 1.29 is 14.8 Å². The van der Waals surface area contributed by atoms with Gasteiger partial charge in [-0.3, -0.25) is 10.1 Å². The molecule has 1 aliphatic carbocycles. The largest absolute Gasteiger partial charge is 0.487 e. The van der Waals surface area contributed by atoms with Gasteiger partial charge in [0.15, 0.2) is 5.52 Å². The summed E-state index contributed by atoms with van der Waals surface area (Å²) in [6.07, 6.45) is 4.32. The molecule has 3 rings (SSSR count). The maximum absolute atomic E-state index is 11.1. The van der Waals surface area contributed by atoms with Gasteiger partial charge in [-0.25, -0.2) is 4.98 Å². The van der Waals surface area contributed by atoms with E-state index >= 15 is 0 Å². The summed E-state index contributed by atoms with van der Waals surface area (Å²) in [7, 11) is 0. The third kappa shape index (κ3) is 2.67. The Hall–Kier alpha value is -2.21. The van der Waals surface area contributed by atoms with Crippen molar-refractivity contribution in [3.63, 3.8) is 0 Å². The summed E-state index contributed by atoms with van der Waals surface area (Å²) in [5, 5.41) is 21.7. The number of ether oxygens (including phenoxy) is 1. The zero-order valence-corrected chi connectivity index (χ0v) is 11.4. The molecular formula is C15H16N2O4. The van der Waals surface area contributed by atoms with E-state index in [9.17, 15) is 15.2 Å². The van der Waals surface area contributed by atoms with E-state index in [1.165, 1.54) is 12.3 Å². The number of aromatic nitrogens is 1. The highest BCUT2D eigenvalue weighted by molar-refractivity contribution is 5.92. The lowest BCUT2D eigenvalue weighted by Gasteiger charge is -2.28. The van der Waals surface area contributed by atoms with Crippen molar-refractivity contribution in [1.29, 1.82) is 0 Å². The fraction of sp³-hybridized carbons (Fsp3) is 0.400. The molecule has 0 bridgehead atoms. The monoisotopic (exact) mass is 288 g/mol. The molecule has 6 heteroatoms. The predicted octanol–water partition coefficient (Wildman–Crippen LogP) is 2.83. The van der Waals surface area contributed by atoms with Crippen molar-refractivity contribution >= 4 is 16.6 Å². The summed E-state index contributed by atoms with van der Waals surface area (Å²) in [4.78, 5) is 14.7. The fourth-order valence-corrected chi connectivity index (χ4v) is 2.76. The minimum absolute atomic E-state index is 0.0397. The molecular weight excluding hydrogens is 272 g/mol. The van der Waals surface area contributed by atoms with Crippen LogP contribution in [0.5, 0.6) is 5.75 Å². The number of aliphatic hydroxyl groups is 1. The maximum Gasteiger partial charge on any atom is 0.295 e. The predicted molar refractivity (Wildman–Crippen MR) is 77.3 cm³/mol. The Bertz CT molecular complexity index is 674. The van der Waals surface area contributed by atoms with Crippen molar-refractivity contribution in [3.8, 4) is 5.75 Å². The van der Waals surface area contributed by atoms with Crippen LogP contribution >= 0.6 is 0 Å². The highest BCUT2D eigenvalue weighted by Crippen LogP contribution is 2.33. The van der Waals surface area contributed by atoms with Gasteiger partial charge in [0.1, 0.15) is 11.9 Å². The molecule has 0 spiro atoms. The SMILES string of the molecule is O=[N+]([O-])c1ccc(O[C@@H]2CCCC[C@@H]2O)c2cccnc12. The Labute approximate surface area is 121 Å². The molecule has 1 saturated carbocycles. The van der Waals surface area contributed by atoms with Gasteiger partial charge in [-0.2, -0.15) is 0 Å². The molecule has 0 radical (unpaired) electrons. The average molecular weight is 288 g/mol. The van der Waals surface area contributed by atoms with Gasteiger partial charge >= 0.3 is 0 Å². The van der Waals surface area contributed by atoms with E-state index in [4.69, 9.17) is 4.74 Å². The van der Waals surface area contributed by atoms with Crippen LogP contribution in [0.15, 0.2) is 30.5 Å². The van der Waals surface area contributed by atoms with Gasteiger partial charge < -0.3 is 9.84 Å². The van der Waals surface area contributed by atoms with Gasteiger partial charge in [-0.1, -0.05) is 6.42 Å². The first-order valence-corrected chi connectivity index (χ1v) is 7.03. The smallest absolute Gasteiger partial charge is 0.295 e. The van der Waals surface area contributed by atoms with E-state index in [0.717, 1.165) is 25.7 Å². The zero-order chi connectivity index (χ0) is 14.8. The van der Waals surface area contributed by atoms with Crippen LogP contribution in [0.4, 0.5) is 5.69 Å². The second-order valence-electron chi connectivity index (χ2n) is 5.25. The molecule has 1 aromatic heterocycles. The van der Waals surface area contributed by atoms with Gasteiger partial charge in [-0.05, 0) is 37.5 Å². The number of nitro benzene ring substituents is 1. The van der Waals surface area contributed by atoms with Crippen LogP contribution in [0.1, 0.15) is 25.7 Å². The quantitative estimate of drug-likeness (QED) is 0.693. The molecule has 0 saturated heterocycles. The molecule has 21 heavy (non-hydrogen) atoms. The number of fused-ring (bicyclic) bond motifs is 1. The lowest BCUT2D eigenvalue weighted by Crippen LogP contribution is -2.34. The van der Waals surface area contributed by atoms with Crippen LogP contribution < -0.4 is 4.74 Å². The first-order chi connectivity index (χ1) is 10.2. The topological polar surface area (TPSA) is 85.5 Å². The minimum Gasteiger partial charge on any atom is -0.487 e. The first-order valence-electron chi connectivity index (χ1n) is 7.03. The number of benzene rings is 1. The Balaban J connectivity index is 1.99. The molecule has 0 amide bonds. The van der Waals surface area contributed by atoms with Crippen LogP contribution in [0, 0.1) is 10.1 Å². The lowest BCUT2D eigenvalue weighted by molar-refractivity contribution is -0.383. The number of rotatable bonds is 3. The second kappa shape index (κ2) is 5.65. The molecule has 2 atom stereocenters. The van der Waals surface area contributed by atoms with E-state index < -0.39 is 11.0 Å². The summed E-state index contributed by atoms with van der Waals surface area (Å²) in [5.41, 5.74) is 0.271. The molecule has 1 fully saturated rings. The minimum atomic E-state index is -0.485. The standard InChI is InChI=1S/C15H16N2O4/c18-12-5-1-2-6-14(12)21-13-8-7-11(17(19)20)15-10(13)4-3-9-16-15/h3-4,7-9,12,14,18H,1-2,5-6H2/t12-,14+/m0/s1. The molecule has 1 N–H and O–H groups in total. The number of non-ortho nitro benzene ring substituents is 1. The van der Waals surface area contributed by atoms with Crippen LogP contribution in [-0.2, 0) is 0 Å². The van der Waals surface area contributed by atoms with Gasteiger partial charge in [0.25, 0.3) is 5.69 Å². The van der Waals surface area contributed by atoms with Crippen molar-refractivity contribution in [2.75, 3.05) is 0 Å². The Kier molecular flexibility index (Phi) is 3.70. The average Bonchev–Trinajstić information content (AvgIpc) is 2.49. The van der Waals surface area contributed by atoms with E-state index in [1.54, 1.807) is 18.2 Å². The van der Waals surface area contributed by atoms with E-state index in [1.807, 2.05) is 0 Å². The number of hydrogen-bond acceptors (Lipinski definition) is 5. The van der Waals surface area contributed by atoms with Gasteiger partial charge in [0, 0.05) is 17.6 Å². The number of nitrogens with zero attached hydrogens (tertiary/aromatic N) is 2. The Morgan fingerprint density at radius 2 is 2.10 bits per heavy atom. The van der Waals surface area contributed by atoms with Gasteiger partial charge in [-0.15, -0.1) is 0 Å².